The number of carbonyl (C=O) groups excluding carboxylic acids is 1. The molecule has 4 heteroatoms. The Morgan fingerprint density at radius 1 is 0.840 bits per heavy atom. The van der Waals surface area contributed by atoms with Crippen molar-refractivity contribution in [2.45, 2.75) is 91.4 Å². The Labute approximate surface area is 164 Å². The van der Waals surface area contributed by atoms with E-state index < -0.39 is 0 Å². The van der Waals surface area contributed by atoms with Crippen LogP contribution in [-0.4, -0.2) is 38.0 Å². The average molecular weight is 377 g/mol. The lowest BCUT2D eigenvalue weighted by Gasteiger charge is -2.08. The number of amides is 1. The average Bonchev–Trinajstić information content (AvgIpc) is 2.54. The molecule has 0 atom stereocenters. The van der Waals surface area contributed by atoms with Crippen molar-refractivity contribution in [2.75, 3.05) is 27.2 Å². The molecule has 0 aromatic carbocycles. The maximum Gasteiger partial charge on any atom is 0.246 e. The van der Waals surface area contributed by atoms with Gasteiger partial charge in [-0.2, -0.15) is 0 Å². The van der Waals surface area contributed by atoms with Gasteiger partial charge in [-0.25, -0.2) is 0 Å². The summed E-state index contributed by atoms with van der Waals surface area (Å²) in [5.74, 6) is -0.0446. The Kier molecular flexibility index (Phi) is 27.4. The van der Waals surface area contributed by atoms with Crippen molar-refractivity contribution in [1.82, 2.24) is 10.2 Å². The van der Waals surface area contributed by atoms with Crippen molar-refractivity contribution >= 4 is 18.3 Å². The van der Waals surface area contributed by atoms with Gasteiger partial charge < -0.3 is 10.2 Å². The summed E-state index contributed by atoms with van der Waals surface area (Å²) >= 11 is 0. The van der Waals surface area contributed by atoms with Gasteiger partial charge in [0.2, 0.25) is 5.91 Å². The van der Waals surface area contributed by atoms with Crippen LogP contribution in [0.3, 0.4) is 0 Å². The van der Waals surface area contributed by atoms with Crippen molar-refractivity contribution in [3.63, 3.8) is 0 Å². The molecule has 0 spiro atoms. The monoisotopic (exact) mass is 376 g/mol. The highest BCUT2D eigenvalue weighted by molar-refractivity contribution is 5.91. The number of rotatable bonds is 14. The van der Waals surface area contributed by atoms with Crippen LogP contribution in [0.2, 0.25) is 0 Å². The van der Waals surface area contributed by atoms with Crippen molar-refractivity contribution in [2.24, 2.45) is 0 Å². The van der Waals surface area contributed by atoms with Crippen LogP contribution < -0.4 is 5.32 Å². The Bertz CT molecular complexity index is 294. The smallest absolute Gasteiger partial charge is 0.246 e. The highest BCUT2D eigenvalue weighted by atomic mass is 35.5. The van der Waals surface area contributed by atoms with Gasteiger partial charge in [-0.3, -0.25) is 4.79 Å². The maximum absolute atomic E-state index is 10.7. The molecule has 1 N–H and O–H groups in total. The number of hydrogen-bond donors (Lipinski definition) is 1. The van der Waals surface area contributed by atoms with E-state index >= 15 is 0 Å². The third kappa shape index (κ3) is 28.5. The Hall–Kier alpha value is -0.540. The molecule has 0 aliphatic carbocycles. The molecule has 152 valence electrons. The van der Waals surface area contributed by atoms with Crippen LogP contribution in [0.4, 0.5) is 0 Å². The first kappa shape index (κ1) is 29.2. The number of halogens is 1. The lowest BCUT2D eigenvalue weighted by Crippen LogP contribution is -2.24. The van der Waals surface area contributed by atoms with E-state index in [0.717, 1.165) is 13.0 Å². The first-order valence-corrected chi connectivity index (χ1v) is 10.0. The summed E-state index contributed by atoms with van der Waals surface area (Å²) in [7, 11) is 4.32. The Morgan fingerprint density at radius 3 is 1.64 bits per heavy atom. The van der Waals surface area contributed by atoms with Gasteiger partial charge in [0, 0.05) is 12.1 Å². The maximum atomic E-state index is 10.7. The summed E-state index contributed by atoms with van der Waals surface area (Å²) in [6.45, 7) is 11.5. The second-order valence-electron chi connectivity index (χ2n) is 7.02. The van der Waals surface area contributed by atoms with Crippen LogP contribution in [0.5, 0.6) is 0 Å². The molecule has 0 aromatic rings. The third-order valence-electron chi connectivity index (χ3n) is 3.88. The quantitative estimate of drug-likeness (QED) is 0.298. The molecule has 3 nitrogen and oxygen atoms in total. The van der Waals surface area contributed by atoms with Gasteiger partial charge in [-0.1, -0.05) is 78.2 Å². The standard InChI is InChI=1S/C14H31N.C7H13NO.ClH/c1-4-5-6-7-8-9-10-11-12-13-14-15(2)3;1-4-5-8-7(9)6(2)3;/h4-14H2,1-3H3;2,4-5H2,1,3H3,(H,8,9);1H. The van der Waals surface area contributed by atoms with Gasteiger partial charge in [-0.15, -0.1) is 12.4 Å². The first-order valence-electron chi connectivity index (χ1n) is 10.0. The van der Waals surface area contributed by atoms with Crippen molar-refractivity contribution in [3.8, 4) is 0 Å². The fourth-order valence-electron chi connectivity index (χ4n) is 2.30. The van der Waals surface area contributed by atoms with Gasteiger partial charge in [0.05, 0.1) is 0 Å². The molecule has 0 aliphatic rings. The molecular weight excluding hydrogens is 332 g/mol. The molecule has 0 unspecified atom stereocenters. The van der Waals surface area contributed by atoms with Crippen LogP contribution in [0, 0.1) is 0 Å². The highest BCUT2D eigenvalue weighted by Gasteiger charge is 1.96. The fourth-order valence-corrected chi connectivity index (χ4v) is 2.30. The summed E-state index contributed by atoms with van der Waals surface area (Å²) in [6, 6.07) is 0. The number of hydrogen-bond acceptors (Lipinski definition) is 2. The van der Waals surface area contributed by atoms with Crippen LogP contribution in [0.1, 0.15) is 91.4 Å². The molecule has 0 fully saturated rings. The van der Waals surface area contributed by atoms with Gasteiger partial charge >= 0.3 is 0 Å². The van der Waals surface area contributed by atoms with E-state index in [1.165, 1.54) is 70.8 Å². The molecule has 0 rings (SSSR count). The summed E-state index contributed by atoms with van der Waals surface area (Å²) in [5, 5.41) is 2.69. The minimum Gasteiger partial charge on any atom is -0.352 e. The second-order valence-corrected chi connectivity index (χ2v) is 7.02. The number of nitrogens with zero attached hydrogens (tertiary/aromatic N) is 1. The SMILES string of the molecule is C=C(C)C(=O)NCCC.CCCCCCCCCCCCN(C)C.Cl. The largest absolute Gasteiger partial charge is 0.352 e. The molecule has 0 bridgehead atoms. The molecule has 0 heterocycles. The summed E-state index contributed by atoms with van der Waals surface area (Å²) in [5.41, 5.74) is 0.573. The van der Waals surface area contributed by atoms with E-state index in [1.54, 1.807) is 6.92 Å². The second kappa shape index (κ2) is 23.5. The van der Waals surface area contributed by atoms with Gasteiger partial charge in [0.1, 0.15) is 0 Å². The van der Waals surface area contributed by atoms with Crippen molar-refractivity contribution in [1.29, 1.82) is 0 Å². The Morgan fingerprint density at radius 2 is 1.28 bits per heavy atom. The summed E-state index contributed by atoms with van der Waals surface area (Å²) < 4.78 is 0. The minimum absolute atomic E-state index is 0. The molecule has 0 saturated carbocycles. The third-order valence-corrected chi connectivity index (χ3v) is 3.88. The molecule has 0 aromatic heterocycles. The van der Waals surface area contributed by atoms with E-state index in [-0.39, 0.29) is 18.3 Å². The van der Waals surface area contributed by atoms with Gasteiger partial charge in [0.15, 0.2) is 0 Å². The van der Waals surface area contributed by atoms with Crippen LogP contribution in [-0.2, 0) is 4.79 Å². The van der Waals surface area contributed by atoms with E-state index in [1.807, 2.05) is 6.92 Å². The van der Waals surface area contributed by atoms with E-state index in [0.29, 0.717) is 5.57 Å². The predicted octanol–water partition coefficient (Wildman–Crippen LogP) is 5.98. The van der Waals surface area contributed by atoms with Gasteiger partial charge in [-0.05, 0) is 40.4 Å². The summed E-state index contributed by atoms with van der Waals surface area (Å²) in [4.78, 5) is 13.0. The van der Waals surface area contributed by atoms with E-state index in [9.17, 15) is 4.79 Å². The molecular formula is C21H45ClN2O. The lowest BCUT2D eigenvalue weighted by molar-refractivity contribution is -0.117. The zero-order valence-electron chi connectivity index (χ0n) is 17.7. The first-order chi connectivity index (χ1) is 11.5. The van der Waals surface area contributed by atoms with Crippen LogP contribution >= 0.6 is 12.4 Å². The van der Waals surface area contributed by atoms with E-state index in [4.69, 9.17) is 0 Å². The number of unbranched alkanes of at least 4 members (excludes halogenated alkanes) is 9. The van der Waals surface area contributed by atoms with Gasteiger partial charge in [0.25, 0.3) is 0 Å². The zero-order valence-corrected chi connectivity index (χ0v) is 18.5. The molecule has 1 amide bonds. The highest BCUT2D eigenvalue weighted by Crippen LogP contribution is 2.10. The Balaban J connectivity index is -0.000000418. The number of carbonyl (C=O) groups is 1. The topological polar surface area (TPSA) is 32.3 Å². The van der Waals surface area contributed by atoms with Crippen LogP contribution in [0.25, 0.3) is 0 Å². The minimum atomic E-state index is -0.0446. The molecule has 0 saturated heterocycles. The predicted molar refractivity (Wildman–Crippen MR) is 116 cm³/mol. The zero-order chi connectivity index (χ0) is 18.6. The number of nitrogens with one attached hydrogen (secondary N) is 1. The van der Waals surface area contributed by atoms with Crippen molar-refractivity contribution in [3.05, 3.63) is 12.2 Å². The lowest BCUT2D eigenvalue weighted by atomic mass is 10.1. The normalized spacial score (nSPS) is 9.84. The summed E-state index contributed by atoms with van der Waals surface area (Å²) in [6.07, 6.45) is 15.3. The van der Waals surface area contributed by atoms with Crippen LogP contribution in [0.15, 0.2) is 12.2 Å². The van der Waals surface area contributed by atoms with E-state index in [2.05, 4.69) is 37.8 Å². The molecule has 0 radical (unpaired) electrons. The molecule has 0 aliphatic heterocycles. The fraction of sp³-hybridized carbons (Fsp3) is 0.857. The molecule has 25 heavy (non-hydrogen) atoms. The van der Waals surface area contributed by atoms with Crippen molar-refractivity contribution < 1.29 is 4.79 Å².